The summed E-state index contributed by atoms with van der Waals surface area (Å²) in [7, 11) is 0. The Labute approximate surface area is 306 Å². The quantitative estimate of drug-likeness (QED) is 0.185. The first-order chi connectivity index (χ1) is 26.3. The Balaban J connectivity index is 1.15. The van der Waals surface area contributed by atoms with Crippen molar-refractivity contribution in [3.05, 3.63) is 164 Å². The standard InChI is InChI=1S/C48H27N3OS/c1-2-12-29-25-30(22-21-28(29)11-1)44-47-45(36-17-7-10-20-43(36)53-47)50-48(49-44)39-27-38-37-26-31(23-24-42(37)52-46(38)35-16-4-3-13-32(35)39)51-40-18-8-5-14-33(40)34-15-6-9-19-41(34)51/h1-27H. The molecule has 53 heavy (non-hydrogen) atoms. The van der Waals surface area contributed by atoms with E-state index in [1.165, 1.54) is 37.3 Å². The summed E-state index contributed by atoms with van der Waals surface area (Å²) >= 11 is 1.76. The van der Waals surface area contributed by atoms with Gasteiger partial charge in [-0.05, 0) is 64.7 Å². The van der Waals surface area contributed by atoms with E-state index < -0.39 is 0 Å². The highest BCUT2D eigenvalue weighted by atomic mass is 32.1. The predicted octanol–water partition coefficient (Wildman–Crippen LogP) is 13.5. The second kappa shape index (κ2) is 10.8. The molecule has 0 aliphatic heterocycles. The first-order valence-corrected chi connectivity index (χ1v) is 18.6. The topological polar surface area (TPSA) is 43.9 Å². The van der Waals surface area contributed by atoms with Gasteiger partial charge in [-0.2, -0.15) is 0 Å². The molecule has 8 aromatic carbocycles. The van der Waals surface area contributed by atoms with E-state index in [9.17, 15) is 0 Å². The molecule has 0 spiro atoms. The average molecular weight is 694 g/mol. The fourth-order valence-electron chi connectivity index (χ4n) is 8.35. The Morgan fingerprint density at radius 2 is 1.17 bits per heavy atom. The van der Waals surface area contributed by atoms with Gasteiger partial charge in [0.15, 0.2) is 5.82 Å². The summed E-state index contributed by atoms with van der Waals surface area (Å²) in [5, 5.41) is 10.2. The van der Waals surface area contributed by atoms with Crippen molar-refractivity contribution in [2.24, 2.45) is 0 Å². The van der Waals surface area contributed by atoms with E-state index in [1.54, 1.807) is 11.3 Å². The molecule has 0 saturated carbocycles. The zero-order valence-electron chi connectivity index (χ0n) is 28.2. The number of thiophene rings is 1. The Kier molecular flexibility index (Phi) is 5.90. The maximum atomic E-state index is 6.70. The first kappa shape index (κ1) is 28.8. The second-order valence-electron chi connectivity index (χ2n) is 13.7. The number of furan rings is 1. The van der Waals surface area contributed by atoms with Crippen LogP contribution in [0.1, 0.15) is 0 Å². The minimum Gasteiger partial charge on any atom is -0.455 e. The summed E-state index contributed by atoms with van der Waals surface area (Å²) in [6, 6.07) is 58.3. The fraction of sp³-hybridized carbons (Fsp3) is 0. The van der Waals surface area contributed by atoms with Crippen LogP contribution in [0.5, 0.6) is 0 Å². The number of fused-ring (bicyclic) bond motifs is 12. The van der Waals surface area contributed by atoms with Crippen molar-refractivity contribution in [3.8, 4) is 28.3 Å². The molecule has 4 heterocycles. The van der Waals surface area contributed by atoms with Crippen molar-refractivity contribution in [2.45, 2.75) is 0 Å². The predicted molar refractivity (Wildman–Crippen MR) is 222 cm³/mol. The Morgan fingerprint density at radius 1 is 0.491 bits per heavy atom. The van der Waals surface area contributed by atoms with Crippen molar-refractivity contribution in [1.29, 1.82) is 0 Å². The summed E-state index contributed by atoms with van der Waals surface area (Å²) in [5.41, 5.74) is 9.17. The lowest BCUT2D eigenvalue weighted by Gasteiger charge is -2.11. The molecule has 0 aliphatic carbocycles. The van der Waals surface area contributed by atoms with Crippen LogP contribution >= 0.6 is 11.3 Å². The lowest BCUT2D eigenvalue weighted by molar-refractivity contribution is 0.672. The van der Waals surface area contributed by atoms with E-state index in [4.69, 9.17) is 14.4 Å². The van der Waals surface area contributed by atoms with Crippen LogP contribution in [0.25, 0.3) is 114 Å². The van der Waals surface area contributed by atoms with Gasteiger partial charge < -0.3 is 8.98 Å². The van der Waals surface area contributed by atoms with Gasteiger partial charge in [0.05, 0.1) is 26.9 Å². The largest absolute Gasteiger partial charge is 0.455 e. The minimum absolute atomic E-state index is 0.704. The molecule has 0 atom stereocenters. The molecule has 246 valence electrons. The van der Waals surface area contributed by atoms with Crippen LogP contribution < -0.4 is 0 Å². The summed E-state index contributed by atoms with van der Waals surface area (Å²) in [6.45, 7) is 0. The third-order valence-electron chi connectivity index (χ3n) is 10.8. The van der Waals surface area contributed by atoms with Crippen LogP contribution in [0.2, 0.25) is 0 Å². The fourth-order valence-corrected chi connectivity index (χ4v) is 9.51. The van der Waals surface area contributed by atoms with E-state index in [-0.39, 0.29) is 0 Å². The highest BCUT2D eigenvalue weighted by Gasteiger charge is 2.21. The molecule has 5 heteroatoms. The summed E-state index contributed by atoms with van der Waals surface area (Å²) < 4.78 is 11.4. The molecular formula is C48H27N3OS. The molecule has 0 aliphatic rings. The van der Waals surface area contributed by atoms with Crippen LogP contribution in [0, 0.1) is 0 Å². The molecule has 0 radical (unpaired) electrons. The van der Waals surface area contributed by atoms with E-state index in [0.717, 1.165) is 70.8 Å². The molecule has 0 amide bonds. The molecule has 12 aromatic rings. The summed E-state index contributed by atoms with van der Waals surface area (Å²) in [4.78, 5) is 10.9. The van der Waals surface area contributed by atoms with Crippen LogP contribution in [-0.2, 0) is 0 Å². The van der Waals surface area contributed by atoms with E-state index in [0.29, 0.717) is 5.82 Å². The molecule has 0 fully saturated rings. The minimum atomic E-state index is 0.704. The van der Waals surface area contributed by atoms with Crippen molar-refractivity contribution in [2.75, 3.05) is 0 Å². The number of aromatic nitrogens is 3. The second-order valence-corrected chi connectivity index (χ2v) is 14.8. The summed E-state index contributed by atoms with van der Waals surface area (Å²) in [6.07, 6.45) is 0. The Hall–Kier alpha value is -6.82. The monoisotopic (exact) mass is 693 g/mol. The van der Waals surface area contributed by atoms with Gasteiger partial charge in [-0.25, -0.2) is 9.97 Å². The zero-order valence-corrected chi connectivity index (χ0v) is 29.1. The number of para-hydroxylation sites is 2. The third-order valence-corrected chi connectivity index (χ3v) is 11.9. The molecule has 4 nitrogen and oxygen atoms in total. The maximum absolute atomic E-state index is 6.70. The highest BCUT2D eigenvalue weighted by Crippen LogP contribution is 2.44. The average Bonchev–Trinajstić information content (AvgIpc) is 3.89. The van der Waals surface area contributed by atoms with Gasteiger partial charge in [-0.1, -0.05) is 115 Å². The van der Waals surface area contributed by atoms with Gasteiger partial charge in [0.2, 0.25) is 0 Å². The van der Waals surface area contributed by atoms with Gasteiger partial charge in [-0.15, -0.1) is 11.3 Å². The molecule has 0 saturated heterocycles. The smallest absolute Gasteiger partial charge is 0.161 e. The molecular weight excluding hydrogens is 667 g/mol. The van der Waals surface area contributed by atoms with Gasteiger partial charge in [0.25, 0.3) is 0 Å². The van der Waals surface area contributed by atoms with Crippen molar-refractivity contribution in [1.82, 2.24) is 14.5 Å². The number of benzene rings is 8. The van der Waals surface area contributed by atoms with Crippen molar-refractivity contribution < 1.29 is 4.42 Å². The molecule has 0 bridgehead atoms. The van der Waals surface area contributed by atoms with E-state index in [2.05, 4.69) is 168 Å². The maximum Gasteiger partial charge on any atom is 0.161 e. The number of nitrogens with zero attached hydrogens (tertiary/aromatic N) is 3. The Morgan fingerprint density at radius 3 is 1.98 bits per heavy atom. The highest BCUT2D eigenvalue weighted by molar-refractivity contribution is 7.26. The Bertz CT molecular complexity index is 3420. The number of hydrogen-bond acceptors (Lipinski definition) is 4. The first-order valence-electron chi connectivity index (χ1n) is 17.8. The van der Waals surface area contributed by atoms with Crippen LogP contribution in [0.3, 0.4) is 0 Å². The van der Waals surface area contributed by atoms with Gasteiger partial charge in [0.1, 0.15) is 11.2 Å². The SMILES string of the molecule is c1ccc2cc(-c3nc(-c4cc5c6cc(-n7c8ccccc8c8ccccc87)ccc6oc5c5ccccc45)nc4c3sc3ccccc34)ccc2c1. The lowest BCUT2D eigenvalue weighted by atomic mass is 9.99. The van der Waals surface area contributed by atoms with E-state index >= 15 is 0 Å². The van der Waals surface area contributed by atoms with Gasteiger partial charge in [-0.3, -0.25) is 0 Å². The normalized spacial score (nSPS) is 12.2. The van der Waals surface area contributed by atoms with Crippen LogP contribution in [0.15, 0.2) is 168 Å². The molecule has 12 rings (SSSR count). The van der Waals surface area contributed by atoms with Gasteiger partial charge in [0, 0.05) is 53.8 Å². The van der Waals surface area contributed by atoms with Crippen molar-refractivity contribution >= 4 is 96.9 Å². The van der Waals surface area contributed by atoms with E-state index in [1.807, 2.05) is 0 Å². The van der Waals surface area contributed by atoms with Crippen molar-refractivity contribution in [3.63, 3.8) is 0 Å². The van der Waals surface area contributed by atoms with Crippen LogP contribution in [0.4, 0.5) is 0 Å². The molecule has 0 N–H and O–H groups in total. The van der Waals surface area contributed by atoms with Gasteiger partial charge >= 0.3 is 0 Å². The third kappa shape index (κ3) is 4.17. The molecule has 4 aromatic heterocycles. The van der Waals surface area contributed by atoms with Crippen LogP contribution in [-0.4, -0.2) is 14.5 Å². The number of rotatable bonds is 3. The summed E-state index contributed by atoms with van der Waals surface area (Å²) in [5.74, 6) is 0.704. The molecule has 0 unspecified atom stereocenters. The lowest BCUT2D eigenvalue weighted by Crippen LogP contribution is -1.95. The number of hydrogen-bond donors (Lipinski definition) is 0. The zero-order chi connectivity index (χ0) is 34.6.